The van der Waals surface area contributed by atoms with Crippen molar-refractivity contribution in [3.05, 3.63) is 106 Å². The zero-order valence-corrected chi connectivity index (χ0v) is 24.9. The summed E-state index contributed by atoms with van der Waals surface area (Å²) in [6, 6.07) is 12.9. The van der Waals surface area contributed by atoms with Gasteiger partial charge in [0.05, 0.1) is 66.4 Å². The van der Waals surface area contributed by atoms with Crippen LogP contribution < -0.4 is 15.9 Å². The number of nitriles is 1. The SMILES string of the molecule is CC[C@H](NC(=O)n1c(-c2ccnn2-c2ccc(C#N)cc2)c(C)n(-c2cccc(C(F)(F)F)c2)c1=O)c1ncc(C[NH+](C)C)o1. The van der Waals surface area contributed by atoms with Crippen molar-refractivity contribution < 1.29 is 27.3 Å². The van der Waals surface area contributed by atoms with Gasteiger partial charge in [0.15, 0.2) is 5.76 Å². The first-order valence-corrected chi connectivity index (χ1v) is 14.0. The summed E-state index contributed by atoms with van der Waals surface area (Å²) in [7, 11) is 3.91. The number of carbonyl (C=O) groups excluding carboxylic acids is 1. The average molecular weight is 620 g/mol. The van der Waals surface area contributed by atoms with Gasteiger partial charge in [-0.15, -0.1) is 0 Å². The van der Waals surface area contributed by atoms with Crippen LogP contribution in [-0.4, -0.2) is 44.0 Å². The summed E-state index contributed by atoms with van der Waals surface area (Å²) in [6.07, 6.45) is -1.22. The number of halogens is 3. The van der Waals surface area contributed by atoms with E-state index in [2.05, 4.69) is 15.4 Å². The van der Waals surface area contributed by atoms with E-state index in [-0.39, 0.29) is 23.0 Å². The topological polar surface area (TPSA) is 128 Å². The number of oxazole rings is 1. The molecule has 45 heavy (non-hydrogen) atoms. The Labute approximate surface area is 255 Å². The molecule has 0 unspecified atom stereocenters. The first kappa shape index (κ1) is 31.0. The molecular formula is C31H30F3N8O3+. The summed E-state index contributed by atoms with van der Waals surface area (Å²) in [6.45, 7) is 3.92. The lowest BCUT2D eigenvalue weighted by molar-refractivity contribution is -0.873. The number of aromatic nitrogens is 5. The molecule has 0 saturated carbocycles. The highest BCUT2D eigenvalue weighted by molar-refractivity contribution is 5.83. The fraction of sp³-hybridized carbons (Fsp3) is 0.258. The zero-order valence-electron chi connectivity index (χ0n) is 24.9. The second-order valence-electron chi connectivity index (χ2n) is 10.7. The lowest BCUT2D eigenvalue weighted by Gasteiger charge is -2.15. The van der Waals surface area contributed by atoms with Crippen LogP contribution >= 0.6 is 0 Å². The molecule has 0 aliphatic carbocycles. The highest BCUT2D eigenvalue weighted by Crippen LogP contribution is 2.32. The molecule has 0 aliphatic rings. The van der Waals surface area contributed by atoms with E-state index in [4.69, 9.17) is 4.42 Å². The van der Waals surface area contributed by atoms with Crippen LogP contribution in [0.1, 0.15) is 47.9 Å². The van der Waals surface area contributed by atoms with Crippen molar-refractivity contribution in [1.82, 2.24) is 29.2 Å². The molecule has 5 rings (SSSR count). The van der Waals surface area contributed by atoms with Gasteiger partial charge in [0.1, 0.15) is 18.3 Å². The summed E-state index contributed by atoms with van der Waals surface area (Å²) in [5, 5.41) is 16.4. The predicted octanol–water partition coefficient (Wildman–Crippen LogP) is 4.03. The number of quaternary nitrogens is 1. The van der Waals surface area contributed by atoms with E-state index in [9.17, 15) is 28.0 Å². The molecular weight excluding hydrogens is 589 g/mol. The lowest BCUT2D eigenvalue weighted by Crippen LogP contribution is -3.04. The van der Waals surface area contributed by atoms with Gasteiger partial charge in [-0.25, -0.2) is 23.8 Å². The van der Waals surface area contributed by atoms with Crippen molar-refractivity contribution in [1.29, 1.82) is 5.26 Å². The zero-order chi connectivity index (χ0) is 32.5. The maximum Gasteiger partial charge on any atom is 0.416 e. The number of carbonyl (C=O) groups is 1. The van der Waals surface area contributed by atoms with Gasteiger partial charge >= 0.3 is 17.9 Å². The Bertz CT molecular complexity index is 1940. The maximum absolute atomic E-state index is 14.0. The smallest absolute Gasteiger partial charge is 0.416 e. The molecule has 0 radical (unpaired) electrons. The second-order valence-corrected chi connectivity index (χ2v) is 10.7. The number of nitrogens with zero attached hydrogens (tertiary/aromatic N) is 6. The van der Waals surface area contributed by atoms with Gasteiger partial charge < -0.3 is 14.6 Å². The predicted molar refractivity (Wildman–Crippen MR) is 157 cm³/mol. The summed E-state index contributed by atoms with van der Waals surface area (Å²) in [5.41, 5.74) is -0.328. The Morgan fingerprint density at radius 1 is 1.13 bits per heavy atom. The average Bonchev–Trinajstić information content (AvgIpc) is 3.73. The minimum Gasteiger partial charge on any atom is -0.437 e. The van der Waals surface area contributed by atoms with Crippen LogP contribution in [0.25, 0.3) is 22.8 Å². The number of imidazole rings is 1. The first-order chi connectivity index (χ1) is 21.4. The van der Waals surface area contributed by atoms with E-state index >= 15 is 0 Å². The minimum absolute atomic E-state index is 0.0693. The third-order valence-corrected chi connectivity index (χ3v) is 7.15. The normalized spacial score (nSPS) is 12.3. The summed E-state index contributed by atoms with van der Waals surface area (Å²) in [4.78, 5) is 33.5. The number of hydrogen-bond acceptors (Lipinski definition) is 6. The molecule has 1 atom stereocenters. The molecule has 0 bridgehead atoms. The van der Waals surface area contributed by atoms with E-state index in [1.54, 1.807) is 36.5 Å². The number of benzene rings is 2. The highest BCUT2D eigenvalue weighted by Gasteiger charge is 2.32. The molecule has 2 N–H and O–H groups in total. The third-order valence-electron chi connectivity index (χ3n) is 7.15. The van der Waals surface area contributed by atoms with Crippen molar-refractivity contribution in [2.45, 2.75) is 39.0 Å². The standard InChI is InChI=1S/C31H29F3N8O3/c1-5-25(28-36-17-24(45-28)18-39(3)4)38-29(43)41-27(26-13-14-37-42(26)22-11-9-20(16-35)10-12-22)19(2)40(30(41)44)23-8-6-7-21(15-23)31(32,33)34/h6-15,17,25H,5,18H2,1-4H3,(H,38,43)/p+1/t25-/m0/s1. The van der Waals surface area contributed by atoms with Crippen LogP contribution in [0.5, 0.6) is 0 Å². The van der Waals surface area contributed by atoms with Crippen LogP contribution in [-0.2, 0) is 12.7 Å². The van der Waals surface area contributed by atoms with Crippen molar-refractivity contribution in [3.63, 3.8) is 0 Å². The highest BCUT2D eigenvalue weighted by atomic mass is 19.4. The number of alkyl halides is 3. The summed E-state index contributed by atoms with van der Waals surface area (Å²) < 4.78 is 50.2. The number of hydrogen-bond donors (Lipinski definition) is 2. The van der Waals surface area contributed by atoms with Gasteiger partial charge in [0, 0.05) is 0 Å². The van der Waals surface area contributed by atoms with Gasteiger partial charge in [0.25, 0.3) is 0 Å². The largest absolute Gasteiger partial charge is 0.437 e. The Balaban J connectivity index is 1.66. The number of amides is 1. The molecule has 0 aliphatic heterocycles. The van der Waals surface area contributed by atoms with Gasteiger partial charge in [-0.1, -0.05) is 13.0 Å². The Morgan fingerprint density at radius 3 is 2.51 bits per heavy atom. The van der Waals surface area contributed by atoms with E-state index < -0.39 is 29.5 Å². The van der Waals surface area contributed by atoms with Gasteiger partial charge in [-0.05, 0) is 61.9 Å². The van der Waals surface area contributed by atoms with Crippen molar-refractivity contribution in [2.24, 2.45) is 0 Å². The Hall–Kier alpha value is -5.42. The molecule has 11 nitrogen and oxygen atoms in total. The summed E-state index contributed by atoms with van der Waals surface area (Å²) in [5.74, 6) is 0.877. The molecule has 2 aromatic carbocycles. The van der Waals surface area contributed by atoms with Gasteiger partial charge in [-0.3, -0.25) is 4.57 Å². The van der Waals surface area contributed by atoms with Crippen molar-refractivity contribution >= 4 is 6.03 Å². The third kappa shape index (κ3) is 6.16. The molecule has 14 heteroatoms. The van der Waals surface area contributed by atoms with E-state index in [1.807, 2.05) is 27.1 Å². The van der Waals surface area contributed by atoms with E-state index in [0.717, 1.165) is 26.2 Å². The summed E-state index contributed by atoms with van der Waals surface area (Å²) >= 11 is 0. The molecule has 0 fully saturated rings. The molecule has 0 spiro atoms. The molecule has 232 valence electrons. The number of rotatable bonds is 8. The van der Waals surface area contributed by atoms with Crippen molar-refractivity contribution in [3.8, 4) is 28.8 Å². The van der Waals surface area contributed by atoms with Crippen LogP contribution in [0.15, 0.2) is 76.2 Å². The van der Waals surface area contributed by atoms with E-state index in [1.165, 1.54) is 29.9 Å². The fourth-order valence-electron chi connectivity index (χ4n) is 5.05. The molecule has 1 amide bonds. The van der Waals surface area contributed by atoms with Crippen LogP contribution in [0.4, 0.5) is 18.0 Å². The molecule has 3 aromatic heterocycles. The molecule has 5 aromatic rings. The quantitative estimate of drug-likeness (QED) is 0.270. The molecule has 0 saturated heterocycles. The maximum atomic E-state index is 14.0. The van der Waals surface area contributed by atoms with Gasteiger partial charge in [0.2, 0.25) is 5.89 Å². The fourth-order valence-corrected chi connectivity index (χ4v) is 5.05. The lowest BCUT2D eigenvalue weighted by atomic mass is 10.1. The second kappa shape index (κ2) is 12.3. The van der Waals surface area contributed by atoms with Crippen LogP contribution in [0, 0.1) is 18.3 Å². The van der Waals surface area contributed by atoms with E-state index in [0.29, 0.717) is 35.7 Å². The van der Waals surface area contributed by atoms with Crippen LogP contribution in [0.3, 0.4) is 0 Å². The first-order valence-electron chi connectivity index (χ1n) is 14.0. The Kier molecular flexibility index (Phi) is 8.47. The molecule has 3 heterocycles. The Morgan fingerprint density at radius 2 is 1.87 bits per heavy atom. The minimum atomic E-state index is -4.65. The van der Waals surface area contributed by atoms with Crippen molar-refractivity contribution in [2.75, 3.05) is 14.1 Å². The monoisotopic (exact) mass is 619 g/mol. The van der Waals surface area contributed by atoms with Crippen LogP contribution in [0.2, 0.25) is 0 Å². The van der Waals surface area contributed by atoms with Gasteiger partial charge in [-0.2, -0.15) is 23.5 Å². The number of nitrogens with one attached hydrogen (secondary N) is 2.